The molecule has 0 unspecified atom stereocenters. The Hall–Kier alpha value is -2.46. The number of fused-ring (bicyclic) bond motifs is 1. The molecule has 1 N–H and O–H groups in total. The van der Waals surface area contributed by atoms with Gasteiger partial charge in [-0.25, -0.2) is 13.4 Å². The van der Waals surface area contributed by atoms with Crippen LogP contribution in [0.2, 0.25) is 5.02 Å². The zero-order valence-electron chi connectivity index (χ0n) is 16.6. The van der Waals surface area contributed by atoms with Crippen molar-refractivity contribution < 1.29 is 17.9 Å². The van der Waals surface area contributed by atoms with Crippen LogP contribution < -0.4 is 5.32 Å². The number of benzene rings is 1. The average molecular weight is 449 g/mol. The predicted octanol–water partition coefficient (Wildman–Crippen LogP) is 2.88. The third-order valence-corrected chi connectivity index (χ3v) is 7.19. The fourth-order valence-corrected chi connectivity index (χ4v) is 5.02. The Morgan fingerprint density at radius 3 is 2.63 bits per heavy atom. The second-order valence-electron chi connectivity index (χ2n) is 7.09. The van der Waals surface area contributed by atoms with Crippen LogP contribution in [0.1, 0.15) is 21.7 Å². The lowest BCUT2D eigenvalue weighted by molar-refractivity contribution is 0.0730. The first kappa shape index (κ1) is 20.8. The van der Waals surface area contributed by atoms with E-state index in [-0.39, 0.29) is 28.7 Å². The lowest BCUT2D eigenvalue weighted by Crippen LogP contribution is -2.40. The molecule has 1 aromatic carbocycles. The zero-order valence-corrected chi connectivity index (χ0v) is 18.1. The van der Waals surface area contributed by atoms with Crippen LogP contribution in [-0.2, 0) is 14.8 Å². The Morgan fingerprint density at radius 1 is 1.17 bits per heavy atom. The van der Waals surface area contributed by atoms with Crippen LogP contribution in [0.15, 0.2) is 41.4 Å². The number of hydrogen-bond donors (Lipinski definition) is 1. The number of nitrogens with one attached hydrogen (secondary N) is 1. The molecule has 0 aliphatic carbocycles. The largest absolute Gasteiger partial charge is 0.379 e. The number of hydrogen-bond acceptors (Lipinski definition) is 5. The van der Waals surface area contributed by atoms with E-state index in [0.717, 1.165) is 5.56 Å². The number of amides is 1. The fourth-order valence-electron chi connectivity index (χ4n) is 3.42. The quantitative estimate of drug-likeness (QED) is 0.662. The number of ether oxygens (including phenoxy) is 1. The summed E-state index contributed by atoms with van der Waals surface area (Å²) in [6.07, 6.45) is 1.78. The second kappa shape index (κ2) is 7.99. The number of carbonyl (C=O) groups is 1. The maximum absolute atomic E-state index is 13.0. The van der Waals surface area contributed by atoms with Gasteiger partial charge in [0, 0.05) is 19.3 Å². The summed E-state index contributed by atoms with van der Waals surface area (Å²) in [4.78, 5) is 17.5. The van der Waals surface area contributed by atoms with Gasteiger partial charge in [0.25, 0.3) is 5.91 Å². The molecule has 10 heteroatoms. The van der Waals surface area contributed by atoms with Crippen LogP contribution >= 0.6 is 11.6 Å². The van der Waals surface area contributed by atoms with Gasteiger partial charge in [0.15, 0.2) is 0 Å². The Morgan fingerprint density at radius 2 is 1.90 bits per heavy atom. The van der Waals surface area contributed by atoms with Crippen molar-refractivity contribution in [3.05, 3.63) is 58.5 Å². The van der Waals surface area contributed by atoms with E-state index in [4.69, 9.17) is 16.3 Å². The van der Waals surface area contributed by atoms with E-state index in [9.17, 15) is 13.2 Å². The van der Waals surface area contributed by atoms with Crippen molar-refractivity contribution in [1.29, 1.82) is 0 Å². The lowest BCUT2D eigenvalue weighted by atomic mass is 10.2. The Kier molecular flexibility index (Phi) is 5.54. The molecular weight excluding hydrogens is 428 g/mol. The predicted molar refractivity (Wildman–Crippen MR) is 114 cm³/mol. The highest BCUT2D eigenvalue weighted by Crippen LogP contribution is 2.28. The first-order valence-electron chi connectivity index (χ1n) is 9.41. The normalized spacial score (nSPS) is 15.4. The summed E-state index contributed by atoms with van der Waals surface area (Å²) in [5.41, 5.74) is 2.84. The number of morpholine rings is 1. The van der Waals surface area contributed by atoms with E-state index < -0.39 is 15.9 Å². The number of aromatic nitrogens is 2. The number of rotatable bonds is 4. The van der Waals surface area contributed by atoms with E-state index in [0.29, 0.717) is 30.2 Å². The van der Waals surface area contributed by atoms with Crippen molar-refractivity contribution in [3.63, 3.8) is 0 Å². The van der Waals surface area contributed by atoms with Gasteiger partial charge in [-0.05, 0) is 49.7 Å². The van der Waals surface area contributed by atoms with Crippen molar-refractivity contribution in [2.24, 2.45) is 0 Å². The van der Waals surface area contributed by atoms with Gasteiger partial charge in [0.05, 0.1) is 34.5 Å². The minimum absolute atomic E-state index is 0.0644. The molecule has 3 heterocycles. The van der Waals surface area contributed by atoms with E-state index in [1.54, 1.807) is 17.5 Å². The van der Waals surface area contributed by atoms with Crippen LogP contribution in [0.25, 0.3) is 5.65 Å². The molecule has 0 radical (unpaired) electrons. The zero-order chi connectivity index (χ0) is 21.5. The second-order valence-corrected chi connectivity index (χ2v) is 9.44. The number of halogens is 1. The Labute approximate surface area is 179 Å². The SMILES string of the molecule is Cc1ccn2c(C(=O)Nc3cc(S(=O)(=O)N4CCOCC4)ccc3Cl)c(C)nc2c1. The van der Waals surface area contributed by atoms with Gasteiger partial charge in [0.1, 0.15) is 11.3 Å². The smallest absolute Gasteiger partial charge is 0.274 e. The maximum Gasteiger partial charge on any atom is 0.274 e. The van der Waals surface area contributed by atoms with Crippen molar-refractivity contribution in [2.75, 3.05) is 31.6 Å². The molecule has 0 atom stereocenters. The molecule has 1 saturated heterocycles. The summed E-state index contributed by atoms with van der Waals surface area (Å²) >= 11 is 6.25. The molecule has 1 amide bonds. The van der Waals surface area contributed by atoms with Crippen molar-refractivity contribution >= 4 is 38.9 Å². The molecule has 1 aliphatic heterocycles. The van der Waals surface area contributed by atoms with Crippen LogP contribution in [0.4, 0.5) is 5.69 Å². The molecular formula is C20H21ClN4O4S. The van der Waals surface area contributed by atoms with Gasteiger partial charge in [-0.1, -0.05) is 11.6 Å². The standard InChI is InChI=1S/C20H21ClN4O4S/c1-13-5-6-25-18(11-13)22-14(2)19(25)20(26)23-17-12-15(3-4-16(17)21)30(27,28)24-7-9-29-10-8-24/h3-6,11-12H,7-10H2,1-2H3,(H,23,26). The first-order valence-corrected chi connectivity index (χ1v) is 11.2. The molecule has 3 aromatic rings. The summed E-state index contributed by atoms with van der Waals surface area (Å²) in [5, 5.41) is 2.98. The molecule has 1 aliphatic rings. The molecule has 0 spiro atoms. The van der Waals surface area contributed by atoms with Gasteiger partial charge in [-0.15, -0.1) is 0 Å². The van der Waals surface area contributed by atoms with Crippen LogP contribution in [0.5, 0.6) is 0 Å². The molecule has 4 rings (SSSR count). The lowest BCUT2D eigenvalue weighted by Gasteiger charge is -2.26. The summed E-state index contributed by atoms with van der Waals surface area (Å²) in [5.74, 6) is -0.424. The van der Waals surface area contributed by atoms with Gasteiger partial charge in [0.2, 0.25) is 10.0 Å². The van der Waals surface area contributed by atoms with Gasteiger partial charge in [-0.2, -0.15) is 4.31 Å². The van der Waals surface area contributed by atoms with Gasteiger partial charge < -0.3 is 10.1 Å². The molecule has 2 aromatic heterocycles. The summed E-state index contributed by atoms with van der Waals surface area (Å²) < 4.78 is 34.1. The molecule has 30 heavy (non-hydrogen) atoms. The number of anilines is 1. The van der Waals surface area contributed by atoms with Crippen molar-refractivity contribution in [3.8, 4) is 0 Å². The molecule has 1 fully saturated rings. The third kappa shape index (κ3) is 3.81. The molecule has 8 nitrogen and oxygen atoms in total. The van der Waals surface area contributed by atoms with Crippen LogP contribution in [0, 0.1) is 13.8 Å². The Balaban J connectivity index is 1.66. The number of imidazole rings is 1. The Bertz CT molecular complexity index is 1230. The summed E-state index contributed by atoms with van der Waals surface area (Å²) in [6, 6.07) is 8.05. The van der Waals surface area contributed by atoms with E-state index in [1.165, 1.54) is 22.5 Å². The number of carbonyl (C=O) groups excluding carboxylic acids is 1. The molecule has 0 bridgehead atoms. The van der Waals surface area contributed by atoms with Crippen molar-refractivity contribution in [2.45, 2.75) is 18.7 Å². The molecule has 0 saturated carbocycles. The molecule has 158 valence electrons. The number of pyridine rings is 1. The summed E-state index contributed by atoms with van der Waals surface area (Å²) in [6.45, 7) is 4.97. The first-order chi connectivity index (χ1) is 14.3. The minimum atomic E-state index is -3.71. The highest BCUT2D eigenvalue weighted by molar-refractivity contribution is 7.89. The monoisotopic (exact) mass is 448 g/mol. The van der Waals surface area contributed by atoms with Crippen molar-refractivity contribution in [1.82, 2.24) is 13.7 Å². The van der Waals surface area contributed by atoms with E-state index in [1.807, 2.05) is 19.1 Å². The fraction of sp³-hybridized carbons (Fsp3) is 0.300. The van der Waals surface area contributed by atoms with E-state index >= 15 is 0 Å². The maximum atomic E-state index is 13.0. The number of sulfonamides is 1. The van der Waals surface area contributed by atoms with E-state index in [2.05, 4.69) is 10.3 Å². The highest BCUT2D eigenvalue weighted by atomic mass is 35.5. The van der Waals surface area contributed by atoms with Gasteiger partial charge >= 0.3 is 0 Å². The third-order valence-electron chi connectivity index (χ3n) is 4.96. The topological polar surface area (TPSA) is 93.0 Å². The minimum Gasteiger partial charge on any atom is -0.379 e. The summed E-state index contributed by atoms with van der Waals surface area (Å²) in [7, 11) is -3.71. The average Bonchev–Trinajstić information content (AvgIpc) is 3.05. The number of aryl methyl sites for hydroxylation is 2. The highest BCUT2D eigenvalue weighted by Gasteiger charge is 2.27. The van der Waals surface area contributed by atoms with Crippen LogP contribution in [0.3, 0.4) is 0 Å². The van der Waals surface area contributed by atoms with Crippen LogP contribution in [-0.4, -0.2) is 54.3 Å². The van der Waals surface area contributed by atoms with Gasteiger partial charge in [-0.3, -0.25) is 9.20 Å². The number of nitrogens with zero attached hydrogens (tertiary/aromatic N) is 3.